The smallest absolute Gasteiger partial charge is 0.416 e. The maximum Gasteiger partial charge on any atom is 0.416 e. The highest BCUT2D eigenvalue weighted by Crippen LogP contribution is 2.36. The highest BCUT2D eigenvalue weighted by atomic mass is 32.2. The molecule has 1 heterocycles. The highest BCUT2D eigenvalue weighted by Gasteiger charge is 2.37. The van der Waals surface area contributed by atoms with Crippen molar-refractivity contribution in [3.05, 3.63) is 53.1 Å². The van der Waals surface area contributed by atoms with Crippen LogP contribution in [0.1, 0.15) is 16.7 Å². The van der Waals surface area contributed by atoms with Gasteiger partial charge in [0.05, 0.1) is 33.3 Å². The number of carbonyl (C=O) groups is 1. The Balaban J connectivity index is 1.50. The first kappa shape index (κ1) is 28.5. The van der Waals surface area contributed by atoms with Crippen LogP contribution in [-0.4, -0.2) is 58.6 Å². The molecule has 2 aromatic carbocycles. The van der Waals surface area contributed by atoms with E-state index in [0.29, 0.717) is 53.8 Å². The fourth-order valence-corrected chi connectivity index (χ4v) is 4.75. The first-order chi connectivity index (χ1) is 17.3. The molecule has 15 heteroatoms. The number of hydrazine groups is 1. The van der Waals surface area contributed by atoms with E-state index >= 15 is 0 Å². The van der Waals surface area contributed by atoms with Gasteiger partial charge in [0.2, 0.25) is 0 Å². The lowest BCUT2D eigenvalue weighted by Gasteiger charge is -2.34. The number of piperazine rings is 1. The minimum absolute atomic E-state index is 0.0127. The van der Waals surface area contributed by atoms with E-state index in [1.807, 2.05) is 4.90 Å². The summed E-state index contributed by atoms with van der Waals surface area (Å²) in [4.78, 5) is 16.2. The van der Waals surface area contributed by atoms with Gasteiger partial charge in [-0.3, -0.25) is 15.0 Å². The van der Waals surface area contributed by atoms with Crippen molar-refractivity contribution in [1.82, 2.24) is 9.80 Å². The largest absolute Gasteiger partial charge is 0.445 e. The SMILES string of the molecule is NNc1cc(S(=O)CCN2CCN(C(=O)OCc3cc(C(F)(F)F)cc(C(F)(F)F)c3)CC2)ccc1N. The van der Waals surface area contributed by atoms with Crippen LogP contribution in [0, 0.1) is 0 Å². The summed E-state index contributed by atoms with van der Waals surface area (Å²) in [5.41, 5.74) is 5.67. The third-order valence-corrected chi connectivity index (χ3v) is 7.01. The minimum atomic E-state index is -4.99. The third kappa shape index (κ3) is 7.72. The normalized spacial score (nSPS) is 15.9. The molecule has 0 aromatic heterocycles. The van der Waals surface area contributed by atoms with E-state index in [1.165, 1.54) is 4.90 Å². The predicted octanol–water partition coefficient (Wildman–Crippen LogP) is 3.65. The number of hydrogen-bond acceptors (Lipinski definition) is 7. The minimum Gasteiger partial charge on any atom is -0.445 e. The number of rotatable bonds is 7. The molecular weight excluding hydrogens is 528 g/mol. The molecule has 1 aliphatic rings. The molecule has 0 spiro atoms. The molecule has 0 saturated carbocycles. The van der Waals surface area contributed by atoms with Gasteiger partial charge in [-0.25, -0.2) is 4.79 Å². The van der Waals surface area contributed by atoms with Crippen molar-refractivity contribution in [3.63, 3.8) is 0 Å². The van der Waals surface area contributed by atoms with Gasteiger partial charge in [0.25, 0.3) is 0 Å². The molecule has 2 aromatic rings. The number of alkyl halides is 6. The second kappa shape index (κ2) is 11.6. The quantitative estimate of drug-likeness (QED) is 0.208. The summed E-state index contributed by atoms with van der Waals surface area (Å²) in [5, 5.41) is 0. The fourth-order valence-electron chi connectivity index (χ4n) is 3.62. The van der Waals surface area contributed by atoms with Gasteiger partial charge in [-0.15, -0.1) is 0 Å². The Kier molecular flexibility index (Phi) is 8.92. The number of hydrogen-bond donors (Lipinski definition) is 3. The molecular formula is C22H25F6N5O3S. The summed E-state index contributed by atoms with van der Waals surface area (Å²) in [6.45, 7) is 1.02. The maximum atomic E-state index is 13.0. The van der Waals surface area contributed by atoms with E-state index in [-0.39, 0.29) is 19.2 Å². The van der Waals surface area contributed by atoms with Crippen molar-refractivity contribution in [3.8, 4) is 0 Å². The van der Waals surface area contributed by atoms with E-state index in [4.69, 9.17) is 16.3 Å². The standard InChI is InChI=1S/C22H25F6N5O3S/c23-21(24,25)15-9-14(10-16(11-15)22(26,27)28)13-36-20(34)33-5-3-32(4-6-33)7-8-37(35)17-1-2-18(29)19(12-17)31-30/h1-2,9-12,31H,3-8,13,29-30H2. The zero-order valence-corrected chi connectivity index (χ0v) is 20.2. The molecule has 1 amide bonds. The van der Waals surface area contributed by atoms with Crippen LogP contribution in [0.3, 0.4) is 0 Å². The van der Waals surface area contributed by atoms with Gasteiger partial charge in [-0.1, -0.05) is 0 Å². The monoisotopic (exact) mass is 553 g/mol. The Morgan fingerprint density at radius 1 is 0.973 bits per heavy atom. The zero-order chi connectivity index (χ0) is 27.4. The van der Waals surface area contributed by atoms with E-state index < -0.39 is 52.5 Å². The van der Waals surface area contributed by atoms with Crippen LogP contribution in [-0.2, 0) is 34.5 Å². The predicted molar refractivity (Wildman–Crippen MR) is 125 cm³/mol. The molecule has 0 radical (unpaired) electrons. The summed E-state index contributed by atoms with van der Waals surface area (Å²) < 4.78 is 95.6. The number of nitrogens with one attached hydrogen (secondary N) is 1. The van der Waals surface area contributed by atoms with E-state index in [2.05, 4.69) is 5.43 Å². The van der Waals surface area contributed by atoms with Gasteiger partial charge in [0.1, 0.15) is 6.61 Å². The van der Waals surface area contributed by atoms with Crippen LogP contribution < -0.4 is 17.0 Å². The number of nitrogens with zero attached hydrogens (tertiary/aromatic N) is 2. The van der Waals surface area contributed by atoms with E-state index in [0.717, 1.165) is 0 Å². The molecule has 0 bridgehead atoms. The summed E-state index contributed by atoms with van der Waals surface area (Å²) in [7, 11) is -1.32. The van der Waals surface area contributed by atoms with Crippen molar-refractivity contribution in [2.75, 3.05) is 49.6 Å². The molecule has 1 aliphatic heterocycles. The van der Waals surface area contributed by atoms with Gasteiger partial charge >= 0.3 is 18.4 Å². The molecule has 5 N–H and O–H groups in total. The lowest BCUT2D eigenvalue weighted by Crippen LogP contribution is -2.49. The average Bonchev–Trinajstić information content (AvgIpc) is 2.85. The van der Waals surface area contributed by atoms with Crippen molar-refractivity contribution in [2.24, 2.45) is 5.84 Å². The number of amides is 1. The number of nitrogen functional groups attached to an aromatic ring is 2. The number of benzene rings is 2. The molecule has 204 valence electrons. The molecule has 1 fully saturated rings. The molecule has 1 unspecified atom stereocenters. The Bertz CT molecular complexity index is 1100. The molecule has 1 saturated heterocycles. The van der Waals surface area contributed by atoms with Crippen molar-refractivity contribution >= 4 is 28.3 Å². The van der Waals surface area contributed by atoms with Gasteiger partial charge in [0, 0.05) is 43.4 Å². The van der Waals surface area contributed by atoms with E-state index in [1.54, 1.807) is 18.2 Å². The van der Waals surface area contributed by atoms with Gasteiger partial charge in [-0.2, -0.15) is 26.3 Å². The maximum absolute atomic E-state index is 13.0. The van der Waals surface area contributed by atoms with Crippen LogP contribution >= 0.6 is 0 Å². The van der Waals surface area contributed by atoms with Crippen molar-refractivity contribution in [1.29, 1.82) is 0 Å². The average molecular weight is 554 g/mol. The van der Waals surface area contributed by atoms with Gasteiger partial charge < -0.3 is 20.8 Å². The summed E-state index contributed by atoms with van der Waals surface area (Å²) in [6.07, 6.45) is -10.8. The lowest BCUT2D eigenvalue weighted by molar-refractivity contribution is -0.143. The van der Waals surface area contributed by atoms with Crippen molar-refractivity contribution < 1.29 is 40.1 Å². The number of anilines is 2. The molecule has 1 atom stereocenters. The first-order valence-electron chi connectivity index (χ1n) is 10.9. The van der Waals surface area contributed by atoms with Crippen LogP contribution in [0.5, 0.6) is 0 Å². The molecule has 0 aliphatic carbocycles. The Morgan fingerprint density at radius 3 is 2.11 bits per heavy atom. The van der Waals surface area contributed by atoms with E-state index in [9.17, 15) is 35.3 Å². The Hall–Kier alpha value is -3.04. The summed E-state index contributed by atoms with van der Waals surface area (Å²) in [5.74, 6) is 5.70. The molecule has 8 nitrogen and oxygen atoms in total. The molecule has 37 heavy (non-hydrogen) atoms. The van der Waals surface area contributed by atoms with Crippen molar-refractivity contribution in [2.45, 2.75) is 23.9 Å². The van der Waals surface area contributed by atoms with Crippen LogP contribution in [0.25, 0.3) is 0 Å². The van der Waals surface area contributed by atoms with Crippen LogP contribution in [0.4, 0.5) is 42.5 Å². The number of ether oxygens (including phenoxy) is 1. The van der Waals surface area contributed by atoms with Gasteiger partial charge in [0.15, 0.2) is 0 Å². The lowest BCUT2D eigenvalue weighted by atomic mass is 10.1. The van der Waals surface area contributed by atoms with Gasteiger partial charge in [-0.05, 0) is 42.0 Å². The first-order valence-corrected chi connectivity index (χ1v) is 12.3. The fraction of sp³-hybridized carbons (Fsp3) is 0.409. The summed E-state index contributed by atoms with van der Waals surface area (Å²) in [6, 6.07) is 5.89. The topological polar surface area (TPSA) is 114 Å². The Labute approximate surface area is 210 Å². The number of nitrogens with two attached hydrogens (primary N) is 2. The zero-order valence-electron chi connectivity index (χ0n) is 19.4. The van der Waals surface area contributed by atoms with Crippen LogP contribution in [0.15, 0.2) is 41.3 Å². The second-order valence-electron chi connectivity index (χ2n) is 8.24. The van der Waals surface area contributed by atoms with Crippen LogP contribution in [0.2, 0.25) is 0 Å². The second-order valence-corrected chi connectivity index (χ2v) is 9.81. The Morgan fingerprint density at radius 2 is 1.57 bits per heavy atom. The third-order valence-electron chi connectivity index (χ3n) is 5.68. The highest BCUT2D eigenvalue weighted by molar-refractivity contribution is 7.85. The molecule has 3 rings (SSSR count). The number of halogens is 6. The number of carbonyl (C=O) groups excluding carboxylic acids is 1. The summed E-state index contributed by atoms with van der Waals surface area (Å²) >= 11 is 0.